The molecule has 4 aromatic heterocycles. The minimum Gasteiger partial charge on any atom is -0.322 e. The van der Waals surface area contributed by atoms with Gasteiger partial charge in [-0.25, -0.2) is 14.2 Å². The van der Waals surface area contributed by atoms with Gasteiger partial charge >= 0.3 is 0 Å². The zero-order valence-electron chi connectivity index (χ0n) is 31.9. The molecular formula is C41H33Br4Cl4FN4O3S. The molecule has 8 aromatic rings. The van der Waals surface area contributed by atoms with Gasteiger partial charge in [-0.05, 0) is 135 Å². The number of rotatable bonds is 0. The van der Waals surface area contributed by atoms with Crippen LogP contribution in [-0.2, 0) is 9.23 Å². The second-order valence-electron chi connectivity index (χ2n) is 12.1. The van der Waals surface area contributed by atoms with E-state index in [4.69, 9.17) is 28.8 Å². The van der Waals surface area contributed by atoms with Crippen LogP contribution >= 0.6 is 108 Å². The van der Waals surface area contributed by atoms with E-state index in [0.29, 0.717) is 10.3 Å². The van der Waals surface area contributed by atoms with Crippen molar-refractivity contribution >= 4 is 161 Å². The lowest BCUT2D eigenvalue weighted by molar-refractivity contribution is 0.636. The fourth-order valence-corrected chi connectivity index (χ4v) is 8.26. The summed E-state index contributed by atoms with van der Waals surface area (Å²) in [6.07, 6.45) is 0. The Labute approximate surface area is 390 Å². The molecule has 0 aliphatic heterocycles. The van der Waals surface area contributed by atoms with Crippen LogP contribution in [0.25, 0.3) is 43.6 Å². The van der Waals surface area contributed by atoms with E-state index in [1.54, 1.807) is 12.1 Å². The molecule has 0 bridgehead atoms. The second-order valence-corrected chi connectivity index (χ2v) is 18.9. The van der Waals surface area contributed by atoms with Crippen molar-refractivity contribution < 1.29 is 9.97 Å². The molecule has 0 aliphatic rings. The Hall–Kier alpha value is -2.72. The number of hydrogen-bond donors (Lipinski definition) is 2. The standard InChI is InChI=1S/2C10H7BrClN.2C10H8BrNO.CH3F.Cl2OS/c1-6-4-7(11)5-9-8(6)2-3-10(12)13-9;1-6-4-8(11)7-2-3-10(12)13-9(7)5-6;1-6-4-7(11)5-9-8(6)2-3-10(13)12-9;1-6-4-8(11)7-2-3-10(13)12-9(7)5-6;1-2;1-4(2)3/h2*2-5H,1H3;2*2-5H,1H3,(H,12,13);1H3;/i;;;;1D;. The van der Waals surface area contributed by atoms with E-state index >= 15 is 0 Å². The van der Waals surface area contributed by atoms with Crippen LogP contribution < -0.4 is 11.1 Å². The molecule has 0 saturated carbocycles. The lowest BCUT2D eigenvalue weighted by Crippen LogP contribution is -2.02. The van der Waals surface area contributed by atoms with E-state index < -0.39 is 16.4 Å². The van der Waals surface area contributed by atoms with Crippen molar-refractivity contribution in [3.63, 3.8) is 0 Å². The maximum atomic E-state index is 11.0. The van der Waals surface area contributed by atoms with Gasteiger partial charge in [-0.3, -0.25) is 14.0 Å². The first-order valence-electron chi connectivity index (χ1n) is 17.1. The van der Waals surface area contributed by atoms with Crippen molar-refractivity contribution in [1.82, 2.24) is 19.9 Å². The molecule has 304 valence electrons. The van der Waals surface area contributed by atoms with Gasteiger partial charge in [-0.1, -0.05) is 86.9 Å². The molecule has 2 N–H and O–H groups in total. The number of H-pyrrole nitrogens is 2. The largest absolute Gasteiger partial charge is 0.322 e. The van der Waals surface area contributed by atoms with Gasteiger partial charge in [0.15, 0.2) is 0 Å². The van der Waals surface area contributed by atoms with Crippen LogP contribution in [-0.4, -0.2) is 31.3 Å². The molecule has 0 amide bonds. The minimum absolute atomic E-state index is 0.0648. The molecule has 0 fully saturated rings. The first kappa shape index (κ1) is 48.0. The first-order valence-corrected chi connectivity index (χ1v) is 23.2. The number of aromatic nitrogens is 4. The van der Waals surface area contributed by atoms with Gasteiger partial charge in [0.1, 0.15) is 10.3 Å². The summed E-state index contributed by atoms with van der Waals surface area (Å²) in [4.78, 5) is 36.1. The van der Waals surface area contributed by atoms with Gasteiger partial charge in [-0.15, -0.1) is 0 Å². The molecule has 17 heteroatoms. The number of benzene rings is 4. The predicted molar refractivity (Wildman–Crippen MR) is 259 cm³/mol. The molecule has 0 atom stereocenters. The average Bonchev–Trinajstić information content (AvgIpc) is 3.11. The Morgan fingerprint density at radius 2 is 0.983 bits per heavy atom. The third-order valence-corrected chi connectivity index (χ3v) is 10.4. The van der Waals surface area contributed by atoms with Gasteiger partial charge in [0.25, 0.3) is 0 Å². The molecule has 0 aliphatic carbocycles. The van der Waals surface area contributed by atoms with E-state index in [0.717, 1.165) is 72.6 Å². The van der Waals surface area contributed by atoms with Crippen LogP contribution in [0.4, 0.5) is 4.39 Å². The highest BCUT2D eigenvalue weighted by atomic mass is 79.9. The van der Waals surface area contributed by atoms with Gasteiger partial charge < -0.3 is 9.97 Å². The summed E-state index contributed by atoms with van der Waals surface area (Å²) in [6.45, 7) is 8.11. The quantitative estimate of drug-likeness (QED) is 0.116. The zero-order valence-corrected chi connectivity index (χ0v) is 41.1. The fraction of sp³-hybridized carbons (Fsp3) is 0.122. The van der Waals surface area contributed by atoms with Crippen LogP contribution in [0.15, 0.2) is 125 Å². The molecule has 0 saturated heterocycles. The SMILES string of the molecule is Cc1cc(Br)c2ccc(=O)[nH]c2c1.Cc1cc(Br)c2ccc(Cl)nc2c1.Cc1cc(Br)cc2[nH]c(=O)ccc12.Cc1cc(Br)cc2nc(Cl)ccc12.O=S(Cl)Cl.[2H]CF. The number of pyridine rings is 4. The molecule has 0 radical (unpaired) electrons. The van der Waals surface area contributed by atoms with Crippen LogP contribution in [0.2, 0.25) is 10.3 Å². The van der Waals surface area contributed by atoms with Crippen molar-refractivity contribution in [3.8, 4) is 0 Å². The Kier molecular flexibility index (Phi) is 19.8. The van der Waals surface area contributed by atoms with E-state index in [9.17, 15) is 14.0 Å². The van der Waals surface area contributed by atoms with E-state index in [1.165, 1.54) is 17.2 Å². The number of nitrogens with zero attached hydrogens (tertiary/aromatic N) is 2. The number of alkyl halides is 1. The van der Waals surface area contributed by atoms with E-state index in [1.807, 2.05) is 87.5 Å². The van der Waals surface area contributed by atoms with Crippen molar-refractivity contribution in [2.75, 3.05) is 7.15 Å². The third kappa shape index (κ3) is 15.4. The molecule has 7 nitrogen and oxygen atoms in total. The summed E-state index contributed by atoms with van der Waals surface area (Å²) in [5, 5.41) is 5.42. The van der Waals surface area contributed by atoms with Gasteiger partial charge in [0.2, 0.25) is 20.3 Å². The van der Waals surface area contributed by atoms with Crippen LogP contribution in [0.3, 0.4) is 0 Å². The number of halogens is 9. The summed E-state index contributed by atoms with van der Waals surface area (Å²) < 4.78 is 28.7. The highest BCUT2D eigenvalue weighted by molar-refractivity contribution is 9.11. The van der Waals surface area contributed by atoms with Crippen molar-refractivity contribution in [2.45, 2.75) is 27.7 Å². The Morgan fingerprint density at radius 3 is 1.53 bits per heavy atom. The summed E-state index contributed by atoms with van der Waals surface area (Å²) in [7, 11) is 6.36. The third-order valence-electron chi connectivity index (χ3n) is 7.76. The predicted octanol–water partition coefficient (Wildman–Crippen LogP) is 14.7. The monoisotopic (exact) mass is 1140 g/mol. The highest BCUT2D eigenvalue weighted by Gasteiger charge is 2.03. The Morgan fingerprint density at radius 1 is 0.586 bits per heavy atom. The van der Waals surface area contributed by atoms with Crippen molar-refractivity contribution in [1.29, 1.82) is 0 Å². The normalized spacial score (nSPS) is 10.5. The minimum atomic E-state index is -1.67. The molecule has 4 heterocycles. The zero-order chi connectivity index (χ0) is 44.0. The number of nitrogens with one attached hydrogen (secondary N) is 2. The maximum absolute atomic E-state index is 11.0. The first-order chi connectivity index (χ1) is 27.8. The summed E-state index contributed by atoms with van der Waals surface area (Å²) in [5.41, 5.74) is 8.14. The van der Waals surface area contributed by atoms with E-state index in [-0.39, 0.29) is 11.1 Å². The molecule has 0 unspecified atom stereocenters. The summed E-state index contributed by atoms with van der Waals surface area (Å²) in [5.74, 6) is 0. The molecule has 4 aromatic carbocycles. The number of aromatic amines is 2. The van der Waals surface area contributed by atoms with Gasteiger partial charge in [0, 0.05) is 84.0 Å². The molecule has 8 rings (SSSR count). The Bertz CT molecular complexity index is 2670. The molecule has 0 spiro atoms. The topological polar surface area (TPSA) is 109 Å². The average molecular weight is 1140 g/mol. The highest BCUT2D eigenvalue weighted by Crippen LogP contribution is 2.27. The summed E-state index contributed by atoms with van der Waals surface area (Å²) in [6, 6.07) is 30.3. The van der Waals surface area contributed by atoms with Gasteiger partial charge in [-0.2, -0.15) is 0 Å². The number of hydrogen-bond acceptors (Lipinski definition) is 5. The summed E-state index contributed by atoms with van der Waals surface area (Å²) >= 11 is 25.3. The van der Waals surface area contributed by atoms with Gasteiger partial charge in [0.05, 0.1) is 19.6 Å². The second kappa shape index (κ2) is 23.9. The Balaban J connectivity index is 0.000000199. The smallest absolute Gasteiger partial charge is 0.248 e. The lowest BCUT2D eigenvalue weighted by Gasteiger charge is -2.02. The number of aryl methyl sites for hydroxylation is 4. The van der Waals surface area contributed by atoms with Crippen LogP contribution in [0, 0.1) is 27.7 Å². The maximum Gasteiger partial charge on any atom is 0.248 e. The number of fused-ring (bicyclic) bond motifs is 4. The van der Waals surface area contributed by atoms with E-state index in [2.05, 4.69) is 124 Å². The molecular weight excluding hydrogens is 1110 g/mol. The fourth-order valence-electron chi connectivity index (χ4n) is 5.42. The van der Waals surface area contributed by atoms with Crippen molar-refractivity contribution in [3.05, 3.63) is 168 Å². The van der Waals surface area contributed by atoms with Crippen LogP contribution in [0.5, 0.6) is 0 Å². The lowest BCUT2D eigenvalue weighted by atomic mass is 10.1. The molecule has 58 heavy (non-hydrogen) atoms. The van der Waals surface area contributed by atoms with Crippen LogP contribution in [0.1, 0.15) is 23.6 Å². The van der Waals surface area contributed by atoms with Crippen molar-refractivity contribution in [2.24, 2.45) is 0 Å².